The summed E-state index contributed by atoms with van der Waals surface area (Å²) < 4.78 is 0. The number of unbranched alkanes of at least 4 members (excludes halogenated alkanes) is 1. The van der Waals surface area contributed by atoms with Crippen LogP contribution in [-0.2, 0) is 19.3 Å². The van der Waals surface area contributed by atoms with E-state index in [0.29, 0.717) is 18.4 Å². The van der Waals surface area contributed by atoms with Gasteiger partial charge < -0.3 is 15.9 Å². The first-order valence-corrected chi connectivity index (χ1v) is 10.3. The molecule has 6 nitrogen and oxygen atoms in total. The maximum atomic E-state index is 10.7. The van der Waals surface area contributed by atoms with Crippen LogP contribution < -0.4 is 5.73 Å². The van der Waals surface area contributed by atoms with Crippen LogP contribution in [0.1, 0.15) is 55.4 Å². The molecule has 0 unspecified atom stereocenters. The quantitative estimate of drug-likeness (QED) is 0.199. The average Bonchev–Trinajstić information content (AvgIpc) is 2.75. The Bertz CT molecular complexity index is 869. The third kappa shape index (κ3) is 8.64. The number of anilines is 1. The van der Waals surface area contributed by atoms with Crippen molar-refractivity contribution in [2.75, 3.05) is 18.9 Å². The minimum Gasteiger partial charge on any atom is -0.399 e. The van der Waals surface area contributed by atoms with Crippen LogP contribution in [0.4, 0.5) is 11.4 Å². The number of nitro benzene ring substituents is 1. The van der Waals surface area contributed by atoms with Crippen LogP contribution >= 0.6 is 0 Å². The monoisotopic (exact) mass is 412 g/mol. The van der Waals surface area contributed by atoms with Gasteiger partial charge in [0.15, 0.2) is 0 Å². The number of nitrogens with zero attached hydrogens (tertiary/aromatic N) is 1. The first kappa shape index (κ1) is 25.2. The predicted octanol–water partition coefficient (Wildman–Crippen LogP) is 4.04. The van der Waals surface area contributed by atoms with Crippen LogP contribution in [0, 0.1) is 22.0 Å². The Balaban J connectivity index is 0.000000303. The van der Waals surface area contributed by atoms with Gasteiger partial charge in [-0.15, -0.1) is 0 Å². The van der Waals surface area contributed by atoms with Gasteiger partial charge in [0.1, 0.15) is 0 Å². The summed E-state index contributed by atoms with van der Waals surface area (Å²) >= 11 is 0. The Morgan fingerprint density at radius 1 is 1.00 bits per heavy atom. The number of aryl methyl sites for hydroxylation is 3. The van der Waals surface area contributed by atoms with E-state index in [1.165, 1.54) is 17.2 Å². The highest BCUT2D eigenvalue weighted by atomic mass is 16.6. The van der Waals surface area contributed by atoms with Crippen molar-refractivity contribution in [1.29, 1.82) is 0 Å². The maximum Gasteiger partial charge on any atom is 0.272 e. The fourth-order valence-electron chi connectivity index (χ4n) is 2.91. The van der Waals surface area contributed by atoms with Crippen LogP contribution in [-0.4, -0.2) is 28.4 Å². The average molecular weight is 413 g/mol. The molecule has 0 saturated carbocycles. The summed E-state index contributed by atoms with van der Waals surface area (Å²) in [5, 5.41) is 27.9. The van der Waals surface area contributed by atoms with Crippen molar-refractivity contribution >= 4 is 11.4 Å². The summed E-state index contributed by atoms with van der Waals surface area (Å²) in [6.45, 7) is 4.30. The molecule has 2 aromatic rings. The number of nitro groups is 1. The van der Waals surface area contributed by atoms with Crippen molar-refractivity contribution in [2.45, 2.75) is 52.4 Å². The number of nitrogen functional groups attached to an aromatic ring is 1. The molecule has 0 amide bonds. The summed E-state index contributed by atoms with van der Waals surface area (Å²) in [5.41, 5.74) is 10.8. The van der Waals surface area contributed by atoms with E-state index in [2.05, 4.69) is 30.9 Å². The van der Waals surface area contributed by atoms with Crippen LogP contribution in [0.3, 0.4) is 0 Å². The molecule has 0 aliphatic heterocycles. The minimum absolute atomic E-state index is 0.0284. The lowest BCUT2D eigenvalue weighted by molar-refractivity contribution is -0.385. The molecule has 0 aliphatic rings. The van der Waals surface area contributed by atoms with Gasteiger partial charge >= 0.3 is 0 Å². The summed E-state index contributed by atoms with van der Waals surface area (Å²) in [7, 11) is 0. The van der Waals surface area contributed by atoms with Gasteiger partial charge in [0.25, 0.3) is 5.69 Å². The lowest BCUT2D eigenvalue weighted by Gasteiger charge is -2.06. The largest absolute Gasteiger partial charge is 0.399 e. The molecular weight excluding hydrogens is 380 g/mol. The molecule has 30 heavy (non-hydrogen) atoms. The molecule has 2 rings (SSSR count). The summed E-state index contributed by atoms with van der Waals surface area (Å²) in [4.78, 5) is 10.3. The van der Waals surface area contributed by atoms with Gasteiger partial charge in [0.05, 0.1) is 11.5 Å². The van der Waals surface area contributed by atoms with Gasteiger partial charge in [0.2, 0.25) is 0 Å². The second-order valence-electron chi connectivity index (χ2n) is 6.80. The Labute approximate surface area is 178 Å². The van der Waals surface area contributed by atoms with Crippen LogP contribution in [0.2, 0.25) is 0 Å². The van der Waals surface area contributed by atoms with E-state index in [4.69, 9.17) is 15.9 Å². The molecule has 4 N–H and O–H groups in total. The molecular formula is C24H32N2O4. The Kier molecular flexibility index (Phi) is 11.9. The SMILES string of the molecule is CCc1cc(C#CCCO)ccc1[N+](=O)[O-].CCc1cc(CCCCO)ccc1N. The first-order valence-electron chi connectivity index (χ1n) is 10.3. The summed E-state index contributed by atoms with van der Waals surface area (Å²) in [5.74, 6) is 5.64. The smallest absolute Gasteiger partial charge is 0.272 e. The standard InChI is InChI=1S/C12H13NO3.C12H19NO/c1-2-11-9-10(5-3-4-8-14)6-7-12(11)13(15)16;1-2-11-9-10(5-3-4-8-14)6-7-12(11)13/h6-7,9,14H,2,4,8H2,1H3;6-7,9,14H,2-5,8,13H2,1H3. The topological polar surface area (TPSA) is 110 Å². The molecule has 0 fully saturated rings. The molecule has 0 aliphatic carbocycles. The maximum absolute atomic E-state index is 10.7. The molecule has 0 bridgehead atoms. The summed E-state index contributed by atoms with van der Waals surface area (Å²) in [6, 6.07) is 11.1. The second kappa shape index (κ2) is 14.2. The number of hydrogen-bond acceptors (Lipinski definition) is 5. The van der Waals surface area contributed by atoms with E-state index in [0.717, 1.165) is 36.9 Å². The highest BCUT2D eigenvalue weighted by Gasteiger charge is 2.11. The summed E-state index contributed by atoms with van der Waals surface area (Å²) in [6.07, 6.45) is 4.97. The van der Waals surface area contributed by atoms with Crippen LogP contribution in [0.5, 0.6) is 0 Å². The number of aliphatic hydroxyl groups excluding tert-OH is 2. The van der Waals surface area contributed by atoms with Crippen molar-refractivity contribution in [1.82, 2.24) is 0 Å². The van der Waals surface area contributed by atoms with E-state index < -0.39 is 0 Å². The van der Waals surface area contributed by atoms with E-state index in [-0.39, 0.29) is 23.8 Å². The second-order valence-corrected chi connectivity index (χ2v) is 6.80. The number of aliphatic hydroxyl groups is 2. The number of hydrogen-bond donors (Lipinski definition) is 3. The van der Waals surface area contributed by atoms with E-state index >= 15 is 0 Å². The fourth-order valence-corrected chi connectivity index (χ4v) is 2.91. The first-order chi connectivity index (χ1) is 14.5. The number of benzene rings is 2. The van der Waals surface area contributed by atoms with Crippen molar-refractivity contribution in [3.05, 3.63) is 68.8 Å². The van der Waals surface area contributed by atoms with Crippen molar-refractivity contribution in [3.8, 4) is 11.8 Å². The van der Waals surface area contributed by atoms with Crippen molar-refractivity contribution in [2.24, 2.45) is 0 Å². The van der Waals surface area contributed by atoms with Gasteiger partial charge in [-0.25, -0.2) is 0 Å². The number of nitrogens with two attached hydrogens (primary N) is 1. The zero-order valence-electron chi connectivity index (χ0n) is 17.9. The molecule has 0 spiro atoms. The van der Waals surface area contributed by atoms with Gasteiger partial charge in [-0.2, -0.15) is 0 Å². The van der Waals surface area contributed by atoms with Gasteiger partial charge in [0, 0.05) is 35.9 Å². The van der Waals surface area contributed by atoms with E-state index in [1.807, 2.05) is 13.0 Å². The molecule has 0 saturated heterocycles. The third-order valence-electron chi connectivity index (χ3n) is 4.59. The normalized spacial score (nSPS) is 9.87. The van der Waals surface area contributed by atoms with Crippen molar-refractivity contribution in [3.63, 3.8) is 0 Å². The van der Waals surface area contributed by atoms with Gasteiger partial charge in [-0.05, 0) is 61.4 Å². The highest BCUT2D eigenvalue weighted by molar-refractivity contribution is 5.49. The Hall–Kier alpha value is -2.88. The van der Waals surface area contributed by atoms with E-state index in [1.54, 1.807) is 12.1 Å². The molecule has 162 valence electrons. The van der Waals surface area contributed by atoms with Crippen molar-refractivity contribution < 1.29 is 15.1 Å². The van der Waals surface area contributed by atoms with Crippen LogP contribution in [0.25, 0.3) is 0 Å². The highest BCUT2D eigenvalue weighted by Crippen LogP contribution is 2.20. The number of rotatable bonds is 8. The molecule has 0 heterocycles. The van der Waals surface area contributed by atoms with Gasteiger partial charge in [-0.3, -0.25) is 10.1 Å². The zero-order valence-corrected chi connectivity index (χ0v) is 17.9. The van der Waals surface area contributed by atoms with E-state index in [9.17, 15) is 10.1 Å². The fraction of sp³-hybridized carbons (Fsp3) is 0.417. The molecule has 0 atom stereocenters. The Morgan fingerprint density at radius 3 is 2.33 bits per heavy atom. The zero-order chi connectivity index (χ0) is 22.4. The minimum atomic E-state index is -0.385. The molecule has 0 aromatic heterocycles. The molecule has 6 heteroatoms. The third-order valence-corrected chi connectivity index (χ3v) is 4.59. The van der Waals surface area contributed by atoms with Gasteiger partial charge in [-0.1, -0.05) is 37.8 Å². The predicted molar refractivity (Wildman–Crippen MR) is 121 cm³/mol. The lowest BCUT2D eigenvalue weighted by atomic mass is 10.0. The van der Waals surface area contributed by atoms with Crippen LogP contribution in [0.15, 0.2) is 36.4 Å². The molecule has 2 aromatic carbocycles. The lowest BCUT2D eigenvalue weighted by Crippen LogP contribution is -1.95. The molecule has 0 radical (unpaired) electrons. The Morgan fingerprint density at radius 2 is 1.73 bits per heavy atom.